The second-order valence-electron chi connectivity index (χ2n) is 6.79. The molecule has 0 N–H and O–H groups in total. The summed E-state index contributed by atoms with van der Waals surface area (Å²) in [4.78, 5) is 27.9. The average Bonchev–Trinajstić information content (AvgIpc) is 3.04. The number of carbonyl (C=O) groups is 2. The van der Waals surface area contributed by atoms with Crippen LogP contribution in [0.1, 0.15) is 28.0 Å². The normalized spacial score (nSPS) is 10.6. The van der Waals surface area contributed by atoms with Gasteiger partial charge in [0.1, 0.15) is 0 Å². The summed E-state index contributed by atoms with van der Waals surface area (Å²) in [5.41, 5.74) is 2.59. The van der Waals surface area contributed by atoms with Crippen LogP contribution in [-0.2, 0) is 16.0 Å². The van der Waals surface area contributed by atoms with Gasteiger partial charge in [0.25, 0.3) is 0 Å². The molecule has 0 bridgehead atoms. The van der Waals surface area contributed by atoms with Crippen LogP contribution in [-0.4, -0.2) is 45.1 Å². The number of nitrogens with zero attached hydrogens (tertiary/aromatic N) is 2. The van der Waals surface area contributed by atoms with Gasteiger partial charge in [-0.3, -0.25) is 0 Å². The van der Waals surface area contributed by atoms with E-state index in [-0.39, 0.29) is 39.9 Å². The number of nitriles is 1. The minimum atomic E-state index is -0.367. The van der Waals surface area contributed by atoms with Crippen LogP contribution in [0.3, 0.4) is 0 Å². The number of hydrogen-bond donors (Lipinski definition) is 0. The standard InChI is InChI=1S/C23H21ClN2O4Se/c1-15-19(13-22(27)30-10-3-11-31-14-25)20-12-18(29-2)8-9-21(20)26(15)23(28)16-4-6-17(24)7-5-16/h4-9,12H,3,10-11,13H2,1-2H3. The molecule has 160 valence electrons. The fourth-order valence-electron chi connectivity index (χ4n) is 3.35. The van der Waals surface area contributed by atoms with Crippen LogP contribution in [0.4, 0.5) is 0 Å². The maximum absolute atomic E-state index is 13.3. The molecule has 0 fully saturated rings. The van der Waals surface area contributed by atoms with Crippen molar-refractivity contribution in [2.75, 3.05) is 13.7 Å². The van der Waals surface area contributed by atoms with E-state index in [2.05, 4.69) is 4.97 Å². The predicted octanol–water partition coefficient (Wildman–Crippen LogP) is 4.38. The number of ether oxygens (including phenoxy) is 2. The smallest absolute Gasteiger partial charge is 0.0843 e. The molecule has 0 spiro atoms. The maximum atomic E-state index is 13.3. The van der Waals surface area contributed by atoms with Gasteiger partial charge in [-0.05, 0) is 12.1 Å². The fraction of sp³-hybridized carbons (Fsp3) is 0.261. The second-order valence-corrected chi connectivity index (χ2v) is 9.07. The number of fused-ring (bicyclic) bond motifs is 1. The number of carbonyl (C=O) groups excluding carboxylic acids is 2. The van der Waals surface area contributed by atoms with Crippen molar-refractivity contribution in [1.82, 2.24) is 4.57 Å². The van der Waals surface area contributed by atoms with E-state index in [0.717, 1.165) is 16.3 Å². The Morgan fingerprint density at radius 2 is 1.94 bits per heavy atom. The van der Waals surface area contributed by atoms with E-state index in [1.807, 2.05) is 19.1 Å². The minimum Gasteiger partial charge on any atom is -0.0843 e. The number of aromatic nitrogens is 1. The third-order valence-electron chi connectivity index (χ3n) is 4.88. The molecule has 0 radical (unpaired) electrons. The Kier molecular flexibility index (Phi) is 7.75. The van der Waals surface area contributed by atoms with Gasteiger partial charge in [-0.15, -0.1) is 0 Å². The third-order valence-corrected chi connectivity index (χ3v) is 6.43. The van der Waals surface area contributed by atoms with Crippen LogP contribution in [0, 0.1) is 17.2 Å². The summed E-state index contributed by atoms with van der Waals surface area (Å²) < 4.78 is 12.3. The van der Waals surface area contributed by atoms with Gasteiger partial charge >= 0.3 is 163 Å². The van der Waals surface area contributed by atoms with Crippen LogP contribution in [0.5, 0.6) is 5.75 Å². The van der Waals surface area contributed by atoms with Gasteiger partial charge in [-0.2, -0.15) is 0 Å². The van der Waals surface area contributed by atoms with E-state index < -0.39 is 0 Å². The first-order valence-corrected chi connectivity index (χ1v) is 12.1. The molecule has 0 saturated carbocycles. The first kappa shape index (κ1) is 22.9. The second kappa shape index (κ2) is 10.5. The Morgan fingerprint density at radius 1 is 1.19 bits per heavy atom. The molecule has 2 aromatic carbocycles. The Morgan fingerprint density at radius 3 is 2.61 bits per heavy atom. The summed E-state index contributed by atoms with van der Waals surface area (Å²) in [6.45, 7) is 2.10. The van der Waals surface area contributed by atoms with E-state index in [9.17, 15) is 9.59 Å². The first-order chi connectivity index (χ1) is 15.0. The molecular weight excluding hydrogens is 483 g/mol. The number of rotatable bonds is 8. The van der Waals surface area contributed by atoms with Gasteiger partial charge in [0, 0.05) is 5.02 Å². The van der Waals surface area contributed by atoms with Crippen molar-refractivity contribution >= 4 is 49.3 Å². The van der Waals surface area contributed by atoms with Crippen molar-refractivity contribution in [1.29, 1.82) is 5.26 Å². The third kappa shape index (κ3) is 5.29. The van der Waals surface area contributed by atoms with Crippen LogP contribution in [0.25, 0.3) is 10.9 Å². The monoisotopic (exact) mass is 504 g/mol. The Labute approximate surface area is 191 Å². The summed E-state index contributed by atoms with van der Waals surface area (Å²) in [6.07, 6.45) is 0.711. The zero-order chi connectivity index (χ0) is 22.4. The molecule has 8 heteroatoms. The van der Waals surface area contributed by atoms with Gasteiger partial charge in [-0.1, -0.05) is 11.6 Å². The van der Waals surface area contributed by atoms with Crippen LogP contribution in [0.2, 0.25) is 10.3 Å². The summed E-state index contributed by atoms with van der Waals surface area (Å²) in [6, 6.07) is 12.1. The Hall–Kier alpha value is -2.78. The van der Waals surface area contributed by atoms with Crippen LogP contribution in [0.15, 0.2) is 42.5 Å². The number of benzene rings is 2. The van der Waals surface area contributed by atoms with Gasteiger partial charge in [0.05, 0.1) is 0 Å². The quantitative estimate of drug-likeness (QED) is 0.259. The topological polar surface area (TPSA) is 81.3 Å². The number of halogens is 1. The molecule has 3 rings (SSSR count). The van der Waals surface area contributed by atoms with Gasteiger partial charge < -0.3 is 0 Å². The van der Waals surface area contributed by atoms with Gasteiger partial charge in [0.15, 0.2) is 0 Å². The number of hydrogen-bond acceptors (Lipinski definition) is 5. The van der Waals surface area contributed by atoms with Crippen molar-refractivity contribution in [3.8, 4) is 10.7 Å². The molecule has 1 aromatic heterocycles. The molecule has 0 aliphatic carbocycles. The van der Waals surface area contributed by atoms with E-state index in [0.29, 0.717) is 34.0 Å². The molecule has 31 heavy (non-hydrogen) atoms. The van der Waals surface area contributed by atoms with E-state index >= 15 is 0 Å². The van der Waals surface area contributed by atoms with Crippen LogP contribution >= 0.6 is 11.6 Å². The average molecular weight is 504 g/mol. The van der Waals surface area contributed by atoms with Crippen molar-refractivity contribution in [2.45, 2.75) is 25.1 Å². The van der Waals surface area contributed by atoms with E-state index in [1.165, 1.54) is 0 Å². The molecule has 1 heterocycles. The summed E-state index contributed by atoms with van der Waals surface area (Å²) in [7, 11) is 1.57. The van der Waals surface area contributed by atoms with Crippen molar-refractivity contribution in [3.63, 3.8) is 0 Å². The number of esters is 1. The molecule has 0 amide bonds. The molecule has 0 atom stereocenters. The van der Waals surface area contributed by atoms with Crippen molar-refractivity contribution < 1.29 is 19.1 Å². The summed E-state index contributed by atoms with van der Waals surface area (Å²) >= 11 is 5.88. The summed E-state index contributed by atoms with van der Waals surface area (Å²) in [5, 5.41) is 10.7. The molecular formula is C23H21ClN2O4Se. The Balaban J connectivity index is 1.94. The minimum absolute atomic E-state index is 0.0415. The predicted molar refractivity (Wildman–Crippen MR) is 120 cm³/mol. The molecule has 0 unspecified atom stereocenters. The summed E-state index contributed by atoms with van der Waals surface area (Å²) in [5.74, 6) is 0.0630. The van der Waals surface area contributed by atoms with Crippen LogP contribution < -0.4 is 4.74 Å². The van der Waals surface area contributed by atoms with Gasteiger partial charge in [-0.25, -0.2) is 0 Å². The molecule has 6 nitrogen and oxygen atoms in total. The van der Waals surface area contributed by atoms with E-state index in [4.69, 9.17) is 26.3 Å². The number of methoxy groups -OCH3 is 1. The van der Waals surface area contributed by atoms with E-state index in [1.54, 1.807) is 42.0 Å². The molecule has 0 saturated heterocycles. The SMILES string of the molecule is COc1ccc2c(c1)c(CC(=O)OCCC[Se]C#N)c(C)n2C(=O)c1ccc(Cl)cc1. The molecule has 0 aliphatic rings. The fourth-order valence-corrected chi connectivity index (χ4v) is 4.22. The Bertz CT molecular complexity index is 1150. The van der Waals surface area contributed by atoms with Crippen molar-refractivity contribution in [3.05, 3.63) is 64.3 Å². The van der Waals surface area contributed by atoms with Gasteiger partial charge in [0.2, 0.25) is 0 Å². The molecule has 0 aliphatic heterocycles. The van der Waals surface area contributed by atoms with Crippen molar-refractivity contribution in [2.24, 2.45) is 0 Å². The molecule has 3 aromatic rings. The zero-order valence-electron chi connectivity index (χ0n) is 17.2. The zero-order valence-corrected chi connectivity index (χ0v) is 19.7. The first-order valence-electron chi connectivity index (χ1n) is 9.61.